The molecule has 0 fully saturated rings. The summed E-state index contributed by atoms with van der Waals surface area (Å²) in [5.74, 6) is -8.54. The molecule has 0 heterocycles. The Morgan fingerprint density at radius 2 is 1.76 bits per heavy atom. The summed E-state index contributed by atoms with van der Waals surface area (Å²) in [6, 6.07) is 0. The lowest BCUT2D eigenvalue weighted by Gasteiger charge is -2.20. The van der Waals surface area contributed by atoms with Gasteiger partial charge in [0.15, 0.2) is 0 Å². The van der Waals surface area contributed by atoms with E-state index < -0.39 is 36.6 Å². The van der Waals surface area contributed by atoms with E-state index in [-0.39, 0.29) is 0 Å². The van der Waals surface area contributed by atoms with E-state index in [0.29, 0.717) is 0 Å². The van der Waals surface area contributed by atoms with Crippen LogP contribution in [0.25, 0.3) is 0 Å². The van der Waals surface area contributed by atoms with Crippen LogP contribution in [-0.4, -0.2) is 48.8 Å². The molecule has 0 saturated carbocycles. The van der Waals surface area contributed by atoms with Gasteiger partial charge in [-0.3, -0.25) is 4.79 Å². The van der Waals surface area contributed by atoms with Crippen molar-refractivity contribution in [3.05, 3.63) is 0 Å². The van der Waals surface area contributed by atoms with E-state index in [1.165, 1.54) is 0 Å². The van der Waals surface area contributed by atoms with E-state index in [9.17, 15) is 31.5 Å². The molecule has 0 saturated heterocycles. The Labute approximate surface area is 91.5 Å². The highest BCUT2D eigenvalue weighted by molar-refractivity contribution is 5.99. The standard InChI is InChI=1S/C7H8F5NO4/c1-17-3(5(15)16)4(14)13-2-6(8,9)7(10,11)12/h3H,2H2,1H3,(H,13,14)(H,15,16). The molecule has 0 aliphatic heterocycles. The van der Waals surface area contributed by atoms with Crippen LogP contribution in [0.15, 0.2) is 0 Å². The molecular weight excluding hydrogens is 257 g/mol. The van der Waals surface area contributed by atoms with Gasteiger partial charge >= 0.3 is 18.1 Å². The maximum Gasteiger partial charge on any atom is 0.455 e. The van der Waals surface area contributed by atoms with Crippen LogP contribution in [0.5, 0.6) is 0 Å². The summed E-state index contributed by atoms with van der Waals surface area (Å²) in [6.45, 7) is -2.05. The summed E-state index contributed by atoms with van der Waals surface area (Å²) in [5.41, 5.74) is 0. The van der Waals surface area contributed by atoms with Crippen LogP contribution < -0.4 is 5.32 Å². The SMILES string of the molecule is COC(C(=O)O)C(=O)NCC(F)(F)C(F)(F)F. The van der Waals surface area contributed by atoms with Crippen LogP contribution in [-0.2, 0) is 14.3 Å². The maximum absolute atomic E-state index is 12.3. The van der Waals surface area contributed by atoms with Gasteiger partial charge in [-0.1, -0.05) is 0 Å². The molecule has 10 heteroatoms. The highest BCUT2D eigenvalue weighted by atomic mass is 19.4. The number of rotatable bonds is 5. The van der Waals surface area contributed by atoms with Crippen LogP contribution in [0.4, 0.5) is 22.0 Å². The van der Waals surface area contributed by atoms with Crippen molar-refractivity contribution in [2.24, 2.45) is 0 Å². The van der Waals surface area contributed by atoms with E-state index in [4.69, 9.17) is 5.11 Å². The second kappa shape index (κ2) is 5.25. The Bertz CT molecular complexity index is 303. The molecule has 2 N–H and O–H groups in total. The number of methoxy groups -OCH3 is 1. The number of hydrogen-bond donors (Lipinski definition) is 2. The first-order chi connectivity index (χ1) is 7.53. The average molecular weight is 265 g/mol. The average Bonchev–Trinajstić information content (AvgIpc) is 2.13. The van der Waals surface area contributed by atoms with Crippen molar-refractivity contribution in [1.82, 2.24) is 5.32 Å². The minimum absolute atomic E-state index is 0.792. The quantitative estimate of drug-likeness (QED) is 0.557. The number of carbonyl (C=O) groups excluding carboxylic acids is 1. The third kappa shape index (κ3) is 4.13. The van der Waals surface area contributed by atoms with E-state index in [1.54, 1.807) is 0 Å². The molecule has 0 aromatic heterocycles. The predicted octanol–water partition coefficient (Wildman–Crippen LogP) is 0.400. The number of amides is 1. The van der Waals surface area contributed by atoms with Crippen molar-refractivity contribution < 1.29 is 41.4 Å². The molecule has 0 aromatic rings. The van der Waals surface area contributed by atoms with Gasteiger partial charge in [-0.05, 0) is 0 Å². The topological polar surface area (TPSA) is 75.6 Å². The Morgan fingerprint density at radius 3 is 2.06 bits per heavy atom. The molecule has 17 heavy (non-hydrogen) atoms. The molecule has 0 aliphatic rings. The summed E-state index contributed by atoms with van der Waals surface area (Å²) in [7, 11) is 0.792. The summed E-state index contributed by atoms with van der Waals surface area (Å²) in [4.78, 5) is 21.2. The van der Waals surface area contributed by atoms with Crippen molar-refractivity contribution in [3.8, 4) is 0 Å². The van der Waals surface area contributed by atoms with Crippen LogP contribution >= 0.6 is 0 Å². The second-order valence-electron chi connectivity index (χ2n) is 2.87. The van der Waals surface area contributed by atoms with Gasteiger partial charge in [0.25, 0.3) is 5.91 Å². The lowest BCUT2D eigenvalue weighted by atomic mass is 10.3. The number of carboxylic acid groups (broad SMARTS) is 1. The van der Waals surface area contributed by atoms with Crippen LogP contribution in [0, 0.1) is 0 Å². The summed E-state index contributed by atoms with van der Waals surface area (Å²) < 4.78 is 63.8. The number of hydrogen-bond acceptors (Lipinski definition) is 3. The van der Waals surface area contributed by atoms with Crippen molar-refractivity contribution in [3.63, 3.8) is 0 Å². The zero-order chi connectivity index (χ0) is 13.9. The fraction of sp³-hybridized carbons (Fsp3) is 0.714. The number of aliphatic carboxylic acids is 1. The fourth-order valence-electron chi connectivity index (χ4n) is 0.711. The van der Waals surface area contributed by atoms with Gasteiger partial charge in [-0.15, -0.1) is 0 Å². The minimum Gasteiger partial charge on any atom is -0.479 e. The first kappa shape index (κ1) is 15.5. The van der Waals surface area contributed by atoms with Gasteiger partial charge in [0.05, 0.1) is 6.54 Å². The molecule has 1 atom stereocenters. The smallest absolute Gasteiger partial charge is 0.455 e. The van der Waals surface area contributed by atoms with E-state index >= 15 is 0 Å². The molecule has 0 rings (SSSR count). The molecule has 1 unspecified atom stereocenters. The molecule has 0 bridgehead atoms. The van der Waals surface area contributed by atoms with Gasteiger partial charge in [0, 0.05) is 7.11 Å². The van der Waals surface area contributed by atoms with Crippen molar-refractivity contribution >= 4 is 11.9 Å². The predicted molar refractivity (Wildman–Crippen MR) is 42.4 cm³/mol. The normalized spacial score (nSPS) is 14.2. The number of alkyl halides is 5. The molecule has 0 aliphatic carbocycles. The van der Waals surface area contributed by atoms with Gasteiger partial charge < -0.3 is 15.2 Å². The van der Waals surface area contributed by atoms with Gasteiger partial charge in [0.2, 0.25) is 6.10 Å². The highest BCUT2D eigenvalue weighted by Crippen LogP contribution is 2.34. The number of halogens is 5. The van der Waals surface area contributed by atoms with Crippen molar-refractivity contribution in [1.29, 1.82) is 0 Å². The molecular formula is C7H8F5NO4. The highest BCUT2D eigenvalue weighted by Gasteiger charge is 2.57. The Balaban J connectivity index is 4.49. The van der Waals surface area contributed by atoms with Crippen molar-refractivity contribution in [2.75, 3.05) is 13.7 Å². The van der Waals surface area contributed by atoms with E-state index in [0.717, 1.165) is 12.4 Å². The number of ether oxygens (including phenoxy) is 1. The Morgan fingerprint density at radius 1 is 1.29 bits per heavy atom. The first-order valence-corrected chi connectivity index (χ1v) is 4.01. The second-order valence-corrected chi connectivity index (χ2v) is 2.87. The summed E-state index contributed by atoms with van der Waals surface area (Å²) in [6.07, 6.45) is -7.97. The first-order valence-electron chi connectivity index (χ1n) is 4.01. The third-order valence-electron chi connectivity index (χ3n) is 1.60. The molecule has 0 aromatic carbocycles. The Hall–Kier alpha value is -1.45. The summed E-state index contributed by atoms with van der Waals surface area (Å²) >= 11 is 0. The maximum atomic E-state index is 12.3. The van der Waals surface area contributed by atoms with Gasteiger partial charge in [-0.25, -0.2) is 4.79 Å². The lowest BCUT2D eigenvalue weighted by molar-refractivity contribution is -0.278. The van der Waals surface area contributed by atoms with Crippen LogP contribution in [0.3, 0.4) is 0 Å². The molecule has 100 valence electrons. The molecule has 0 radical (unpaired) electrons. The summed E-state index contributed by atoms with van der Waals surface area (Å²) in [5, 5.41) is 9.48. The van der Waals surface area contributed by atoms with E-state index in [2.05, 4.69) is 4.74 Å². The zero-order valence-electron chi connectivity index (χ0n) is 8.35. The zero-order valence-corrected chi connectivity index (χ0v) is 8.35. The Kier molecular flexibility index (Phi) is 4.81. The van der Waals surface area contributed by atoms with Crippen molar-refractivity contribution in [2.45, 2.75) is 18.2 Å². The number of carboxylic acids is 1. The molecule has 5 nitrogen and oxygen atoms in total. The number of nitrogens with one attached hydrogen (secondary N) is 1. The number of carbonyl (C=O) groups is 2. The minimum atomic E-state index is -5.83. The lowest BCUT2D eigenvalue weighted by Crippen LogP contribution is -2.50. The van der Waals surface area contributed by atoms with Crippen LogP contribution in [0.2, 0.25) is 0 Å². The largest absolute Gasteiger partial charge is 0.479 e. The van der Waals surface area contributed by atoms with Crippen LogP contribution in [0.1, 0.15) is 0 Å². The monoisotopic (exact) mass is 265 g/mol. The van der Waals surface area contributed by atoms with Gasteiger partial charge in [0.1, 0.15) is 0 Å². The molecule has 0 spiro atoms. The third-order valence-corrected chi connectivity index (χ3v) is 1.60. The molecule has 1 amide bonds. The fourth-order valence-corrected chi connectivity index (χ4v) is 0.711. The van der Waals surface area contributed by atoms with Gasteiger partial charge in [-0.2, -0.15) is 22.0 Å². The van der Waals surface area contributed by atoms with E-state index in [1.807, 2.05) is 0 Å².